The summed E-state index contributed by atoms with van der Waals surface area (Å²) in [4.78, 5) is 0. The van der Waals surface area contributed by atoms with E-state index in [-0.39, 0.29) is 0 Å². The zero-order valence-corrected chi connectivity index (χ0v) is 13.1. The zero-order valence-electron chi connectivity index (χ0n) is 13.1. The van der Waals surface area contributed by atoms with Crippen LogP contribution in [0.15, 0.2) is 30.5 Å². The molecule has 0 saturated carbocycles. The average Bonchev–Trinajstić information content (AvgIpc) is 3.07. The van der Waals surface area contributed by atoms with Crippen molar-refractivity contribution in [3.63, 3.8) is 0 Å². The van der Waals surface area contributed by atoms with Gasteiger partial charge in [0.1, 0.15) is 0 Å². The first-order valence-corrected chi connectivity index (χ1v) is 8.16. The van der Waals surface area contributed by atoms with Gasteiger partial charge >= 0.3 is 0 Å². The van der Waals surface area contributed by atoms with Crippen molar-refractivity contribution in [1.82, 2.24) is 15.5 Å². The molecule has 1 aromatic heterocycles. The van der Waals surface area contributed by atoms with E-state index < -0.39 is 0 Å². The number of aryl methyl sites for hydroxylation is 1. The molecule has 2 heterocycles. The number of H-pyrrole nitrogens is 1. The van der Waals surface area contributed by atoms with Gasteiger partial charge in [0.05, 0.1) is 11.9 Å². The summed E-state index contributed by atoms with van der Waals surface area (Å²) in [5.41, 5.74) is 5.70. The van der Waals surface area contributed by atoms with Crippen molar-refractivity contribution < 1.29 is 4.74 Å². The highest BCUT2D eigenvalue weighted by molar-refractivity contribution is 5.38. The van der Waals surface area contributed by atoms with Crippen molar-refractivity contribution in [3.8, 4) is 0 Å². The van der Waals surface area contributed by atoms with Crippen LogP contribution in [0.4, 0.5) is 0 Å². The van der Waals surface area contributed by atoms with Gasteiger partial charge in [0.2, 0.25) is 0 Å². The second-order valence-corrected chi connectivity index (χ2v) is 6.70. The van der Waals surface area contributed by atoms with Crippen LogP contribution in [0.25, 0.3) is 0 Å². The molecule has 0 unspecified atom stereocenters. The van der Waals surface area contributed by atoms with Gasteiger partial charge in [0, 0.05) is 25.8 Å². The van der Waals surface area contributed by atoms with Gasteiger partial charge in [0.25, 0.3) is 0 Å². The van der Waals surface area contributed by atoms with Crippen LogP contribution >= 0.6 is 0 Å². The summed E-state index contributed by atoms with van der Waals surface area (Å²) in [5, 5.41) is 11.1. The standard InChI is InChI=1S/C18H23N3O/c1-13-11-20-21-16(13)12-19-17-15-5-3-2-4-14(15)10-18(17)6-8-22-9-7-18/h2-5,11,17,19H,6-10,12H2,1H3,(H,20,21)/t17-/m1/s1. The lowest BCUT2D eigenvalue weighted by molar-refractivity contribution is -0.000288. The second kappa shape index (κ2) is 5.52. The number of benzene rings is 1. The van der Waals surface area contributed by atoms with E-state index >= 15 is 0 Å². The Hall–Kier alpha value is -1.65. The lowest BCUT2D eigenvalue weighted by Gasteiger charge is -2.39. The number of aromatic amines is 1. The molecule has 2 N–H and O–H groups in total. The third-order valence-electron chi connectivity index (χ3n) is 5.43. The van der Waals surface area contributed by atoms with Crippen LogP contribution in [0.3, 0.4) is 0 Å². The lowest BCUT2D eigenvalue weighted by Crippen LogP contribution is -2.40. The highest BCUT2D eigenvalue weighted by Gasteiger charge is 2.46. The highest BCUT2D eigenvalue weighted by atomic mass is 16.5. The van der Waals surface area contributed by atoms with Gasteiger partial charge in [-0.1, -0.05) is 24.3 Å². The van der Waals surface area contributed by atoms with E-state index in [1.165, 1.54) is 28.8 Å². The Kier molecular flexibility index (Phi) is 3.51. The molecule has 0 amide bonds. The molecule has 0 radical (unpaired) electrons. The first-order valence-electron chi connectivity index (χ1n) is 8.16. The summed E-state index contributed by atoms with van der Waals surface area (Å²) >= 11 is 0. The van der Waals surface area contributed by atoms with E-state index in [2.05, 4.69) is 46.7 Å². The van der Waals surface area contributed by atoms with Crippen LogP contribution < -0.4 is 5.32 Å². The van der Waals surface area contributed by atoms with Gasteiger partial charge in [-0.2, -0.15) is 5.10 Å². The van der Waals surface area contributed by atoms with E-state index in [9.17, 15) is 0 Å². The van der Waals surface area contributed by atoms with Gasteiger partial charge in [0.15, 0.2) is 0 Å². The number of fused-ring (bicyclic) bond motifs is 1. The van der Waals surface area contributed by atoms with Gasteiger partial charge in [-0.15, -0.1) is 0 Å². The first kappa shape index (κ1) is 14.0. The van der Waals surface area contributed by atoms with Gasteiger partial charge < -0.3 is 10.1 Å². The molecule has 1 aromatic carbocycles. The SMILES string of the molecule is Cc1cn[nH]c1CN[C@@H]1c2ccccc2CC12CCOCC2. The number of hydrogen-bond acceptors (Lipinski definition) is 3. The maximum atomic E-state index is 5.63. The molecule has 1 saturated heterocycles. The Morgan fingerprint density at radius 2 is 2.14 bits per heavy atom. The highest BCUT2D eigenvalue weighted by Crippen LogP contribution is 2.51. The molecule has 1 spiro atoms. The monoisotopic (exact) mass is 297 g/mol. The Bertz CT molecular complexity index is 658. The summed E-state index contributed by atoms with van der Waals surface area (Å²) < 4.78 is 5.63. The van der Waals surface area contributed by atoms with Gasteiger partial charge in [-0.3, -0.25) is 5.10 Å². The maximum Gasteiger partial charge on any atom is 0.0519 e. The Morgan fingerprint density at radius 1 is 1.32 bits per heavy atom. The van der Waals surface area contributed by atoms with E-state index in [4.69, 9.17) is 4.74 Å². The lowest BCUT2D eigenvalue weighted by atomic mass is 9.74. The van der Waals surface area contributed by atoms with Gasteiger partial charge in [-0.05, 0) is 48.3 Å². The van der Waals surface area contributed by atoms with E-state index in [0.29, 0.717) is 11.5 Å². The fourth-order valence-corrected chi connectivity index (χ4v) is 4.11. The zero-order chi connectivity index (χ0) is 15.0. The number of rotatable bonds is 3. The Labute approximate surface area is 131 Å². The van der Waals surface area contributed by atoms with Crippen LogP contribution in [0.5, 0.6) is 0 Å². The summed E-state index contributed by atoms with van der Waals surface area (Å²) in [5.74, 6) is 0. The summed E-state index contributed by atoms with van der Waals surface area (Å²) in [7, 11) is 0. The second-order valence-electron chi connectivity index (χ2n) is 6.70. The predicted molar refractivity (Wildman–Crippen MR) is 85.5 cm³/mol. The normalized spacial score (nSPS) is 22.9. The number of hydrogen-bond donors (Lipinski definition) is 2. The Balaban J connectivity index is 1.62. The molecule has 1 atom stereocenters. The average molecular weight is 297 g/mol. The van der Waals surface area contributed by atoms with E-state index in [0.717, 1.165) is 32.6 Å². The molecule has 116 valence electrons. The molecule has 1 fully saturated rings. The van der Waals surface area contributed by atoms with Crippen molar-refractivity contribution in [2.75, 3.05) is 13.2 Å². The van der Waals surface area contributed by atoms with Crippen molar-refractivity contribution in [2.24, 2.45) is 5.41 Å². The molecule has 1 aliphatic carbocycles. The molecule has 0 bridgehead atoms. The topological polar surface area (TPSA) is 49.9 Å². The minimum Gasteiger partial charge on any atom is -0.381 e. The van der Waals surface area contributed by atoms with Crippen molar-refractivity contribution in [1.29, 1.82) is 0 Å². The van der Waals surface area contributed by atoms with E-state index in [1.54, 1.807) is 0 Å². The summed E-state index contributed by atoms with van der Waals surface area (Å²) in [6, 6.07) is 9.31. The minimum absolute atomic E-state index is 0.315. The third-order valence-corrected chi connectivity index (χ3v) is 5.43. The Morgan fingerprint density at radius 3 is 2.91 bits per heavy atom. The quantitative estimate of drug-likeness (QED) is 0.916. The van der Waals surface area contributed by atoms with Crippen LogP contribution in [-0.2, 0) is 17.7 Å². The predicted octanol–water partition coefficient (Wildman–Crippen LogP) is 2.90. The smallest absolute Gasteiger partial charge is 0.0519 e. The molecule has 4 nitrogen and oxygen atoms in total. The first-order chi connectivity index (χ1) is 10.8. The molecular weight excluding hydrogens is 274 g/mol. The molecule has 4 heteroatoms. The van der Waals surface area contributed by atoms with Crippen LogP contribution in [0.1, 0.15) is 41.3 Å². The van der Waals surface area contributed by atoms with Crippen molar-refractivity contribution in [3.05, 3.63) is 52.8 Å². The minimum atomic E-state index is 0.315. The molecular formula is C18H23N3O. The van der Waals surface area contributed by atoms with Crippen molar-refractivity contribution >= 4 is 0 Å². The molecule has 1 aliphatic heterocycles. The molecule has 22 heavy (non-hydrogen) atoms. The van der Waals surface area contributed by atoms with Gasteiger partial charge in [-0.25, -0.2) is 0 Å². The third kappa shape index (κ3) is 2.27. The molecule has 2 aliphatic rings. The maximum absolute atomic E-state index is 5.63. The van der Waals surface area contributed by atoms with Crippen LogP contribution in [-0.4, -0.2) is 23.4 Å². The molecule has 4 rings (SSSR count). The largest absolute Gasteiger partial charge is 0.381 e. The van der Waals surface area contributed by atoms with E-state index in [1.807, 2.05) is 6.20 Å². The van der Waals surface area contributed by atoms with Crippen LogP contribution in [0, 0.1) is 12.3 Å². The molecule has 2 aromatic rings. The van der Waals surface area contributed by atoms with Crippen molar-refractivity contribution in [2.45, 2.75) is 38.8 Å². The van der Waals surface area contributed by atoms with Crippen LogP contribution in [0.2, 0.25) is 0 Å². The summed E-state index contributed by atoms with van der Waals surface area (Å²) in [6.45, 7) is 4.71. The number of ether oxygens (including phenoxy) is 1. The fourth-order valence-electron chi connectivity index (χ4n) is 4.11. The number of aromatic nitrogens is 2. The number of nitrogens with zero attached hydrogens (tertiary/aromatic N) is 1. The fraction of sp³-hybridized carbons (Fsp3) is 0.500. The number of nitrogens with one attached hydrogen (secondary N) is 2. The summed E-state index contributed by atoms with van der Waals surface area (Å²) in [6.07, 6.45) is 5.35.